The first-order chi connectivity index (χ1) is 12.8. The van der Waals surface area contributed by atoms with Crippen molar-refractivity contribution in [1.82, 2.24) is 14.6 Å². The summed E-state index contributed by atoms with van der Waals surface area (Å²) in [4.78, 5) is 15.8. The molecule has 4 aromatic rings. The number of carbonyl (C=O) groups excluding carboxylic acids is 1. The van der Waals surface area contributed by atoms with Gasteiger partial charge in [-0.05, 0) is 24.6 Å². The van der Waals surface area contributed by atoms with E-state index in [2.05, 4.69) is 10.1 Å². The highest BCUT2D eigenvalue weighted by atomic mass is 16.5. The first-order valence-corrected chi connectivity index (χ1v) is 8.74. The molecule has 0 unspecified atom stereocenters. The van der Waals surface area contributed by atoms with Crippen molar-refractivity contribution in [3.63, 3.8) is 0 Å². The Balaban J connectivity index is 1.46. The zero-order valence-electron chi connectivity index (χ0n) is 14.1. The van der Waals surface area contributed by atoms with E-state index < -0.39 is 0 Å². The van der Waals surface area contributed by atoms with Crippen LogP contribution in [0.4, 0.5) is 0 Å². The number of imidazole rings is 1. The lowest BCUT2D eigenvalue weighted by Crippen LogP contribution is -2.10. The molecule has 1 atom stereocenters. The van der Waals surface area contributed by atoms with Gasteiger partial charge in [0.2, 0.25) is 5.88 Å². The number of furan rings is 1. The van der Waals surface area contributed by atoms with E-state index in [1.165, 1.54) is 0 Å². The van der Waals surface area contributed by atoms with Gasteiger partial charge in [0, 0.05) is 30.2 Å². The lowest BCUT2D eigenvalue weighted by molar-refractivity contribution is -0.117. The van der Waals surface area contributed by atoms with E-state index in [9.17, 15) is 4.79 Å². The molecule has 3 heterocycles. The number of carbonyl (C=O) groups is 1. The van der Waals surface area contributed by atoms with E-state index in [1.807, 2.05) is 42.5 Å². The maximum atomic E-state index is 11.4. The molecule has 130 valence electrons. The van der Waals surface area contributed by atoms with Gasteiger partial charge in [0.25, 0.3) is 0 Å². The topological polar surface area (TPSA) is 69.6 Å². The lowest BCUT2D eigenvalue weighted by atomic mass is 10.1. The Labute approximate surface area is 149 Å². The fraction of sp³-hybridized carbons (Fsp3) is 0.250. The van der Waals surface area contributed by atoms with Gasteiger partial charge < -0.3 is 9.15 Å². The molecule has 0 spiro atoms. The van der Waals surface area contributed by atoms with Crippen LogP contribution in [0.25, 0.3) is 28.1 Å². The van der Waals surface area contributed by atoms with E-state index in [0.717, 1.165) is 28.7 Å². The number of hydrogen-bond donors (Lipinski definition) is 0. The van der Waals surface area contributed by atoms with Crippen molar-refractivity contribution < 1.29 is 13.9 Å². The summed E-state index contributed by atoms with van der Waals surface area (Å²) >= 11 is 0. The molecule has 1 fully saturated rings. The molecule has 6 nitrogen and oxygen atoms in total. The monoisotopic (exact) mass is 347 g/mol. The van der Waals surface area contributed by atoms with Crippen LogP contribution in [0.3, 0.4) is 0 Å². The van der Waals surface area contributed by atoms with Crippen LogP contribution in [0.15, 0.2) is 53.1 Å². The standard InChI is InChI=1S/C20H17N3O3/c24-15-6-5-13(9-15)12-25-20-8-7-19-21-11-16(23(19)22-20)18-10-14-3-1-2-4-17(14)26-18/h1-4,7-8,10-11,13H,5-6,9,12H2/t13-/m1/s1. The summed E-state index contributed by atoms with van der Waals surface area (Å²) in [6, 6.07) is 13.5. The third-order valence-electron chi connectivity index (χ3n) is 4.83. The zero-order valence-corrected chi connectivity index (χ0v) is 14.1. The number of ketones is 1. The highest BCUT2D eigenvalue weighted by Crippen LogP contribution is 2.28. The highest BCUT2D eigenvalue weighted by molar-refractivity contribution is 5.82. The van der Waals surface area contributed by atoms with Crippen LogP contribution >= 0.6 is 0 Å². The summed E-state index contributed by atoms with van der Waals surface area (Å²) in [5.41, 5.74) is 2.33. The molecule has 0 radical (unpaired) electrons. The van der Waals surface area contributed by atoms with E-state index >= 15 is 0 Å². The van der Waals surface area contributed by atoms with Gasteiger partial charge >= 0.3 is 0 Å². The van der Waals surface area contributed by atoms with Gasteiger partial charge in [-0.1, -0.05) is 18.2 Å². The van der Waals surface area contributed by atoms with E-state index in [4.69, 9.17) is 9.15 Å². The van der Waals surface area contributed by atoms with Gasteiger partial charge in [0.1, 0.15) is 17.1 Å². The minimum absolute atomic E-state index is 0.289. The van der Waals surface area contributed by atoms with Crippen LogP contribution in [0.2, 0.25) is 0 Å². The Bertz CT molecular complexity index is 1080. The number of fused-ring (bicyclic) bond motifs is 2. The molecule has 1 aromatic carbocycles. The fourth-order valence-electron chi connectivity index (χ4n) is 3.45. The van der Waals surface area contributed by atoms with Crippen LogP contribution in [0, 0.1) is 5.92 Å². The number of nitrogens with zero attached hydrogens (tertiary/aromatic N) is 3. The normalized spacial score (nSPS) is 17.4. The second-order valence-electron chi connectivity index (χ2n) is 6.69. The van der Waals surface area contributed by atoms with Crippen molar-refractivity contribution in [1.29, 1.82) is 0 Å². The number of hydrogen-bond acceptors (Lipinski definition) is 5. The van der Waals surface area contributed by atoms with Gasteiger partial charge in [-0.15, -0.1) is 5.10 Å². The number of benzene rings is 1. The second kappa shape index (κ2) is 5.98. The Morgan fingerprint density at radius 3 is 3.00 bits per heavy atom. The average Bonchev–Trinajstić information content (AvgIpc) is 3.36. The molecule has 5 rings (SSSR count). The SMILES string of the molecule is O=C1CC[C@@H](COc2ccc3ncc(-c4cc5ccccc5o4)n3n2)C1. The van der Waals surface area contributed by atoms with Crippen molar-refractivity contribution in [2.24, 2.45) is 5.92 Å². The largest absolute Gasteiger partial charge is 0.476 e. The molecule has 1 aliphatic carbocycles. The van der Waals surface area contributed by atoms with Crippen molar-refractivity contribution in [3.05, 3.63) is 48.7 Å². The second-order valence-corrected chi connectivity index (χ2v) is 6.69. The molecule has 0 N–H and O–H groups in total. The number of rotatable bonds is 4. The fourth-order valence-corrected chi connectivity index (χ4v) is 3.45. The van der Waals surface area contributed by atoms with Crippen LogP contribution in [0.5, 0.6) is 5.88 Å². The van der Waals surface area contributed by atoms with Gasteiger partial charge in [0.15, 0.2) is 11.4 Å². The first-order valence-electron chi connectivity index (χ1n) is 8.74. The van der Waals surface area contributed by atoms with Crippen molar-refractivity contribution >= 4 is 22.4 Å². The number of ether oxygens (including phenoxy) is 1. The number of aromatic nitrogens is 3. The Morgan fingerprint density at radius 1 is 1.23 bits per heavy atom. The van der Waals surface area contributed by atoms with Crippen LogP contribution in [0.1, 0.15) is 19.3 Å². The minimum Gasteiger partial charge on any atom is -0.476 e. The third kappa shape index (κ3) is 2.63. The van der Waals surface area contributed by atoms with Crippen LogP contribution in [-0.4, -0.2) is 27.0 Å². The summed E-state index contributed by atoms with van der Waals surface area (Å²) < 4.78 is 13.5. The molecule has 6 heteroatoms. The Morgan fingerprint density at radius 2 is 2.15 bits per heavy atom. The zero-order chi connectivity index (χ0) is 17.5. The maximum absolute atomic E-state index is 11.4. The summed E-state index contributed by atoms with van der Waals surface area (Å²) in [5, 5.41) is 5.59. The Kier molecular flexibility index (Phi) is 3.48. The average molecular weight is 347 g/mol. The summed E-state index contributed by atoms with van der Waals surface area (Å²) in [6.45, 7) is 0.513. The van der Waals surface area contributed by atoms with Crippen molar-refractivity contribution in [2.75, 3.05) is 6.61 Å². The summed E-state index contributed by atoms with van der Waals surface area (Å²) in [6.07, 6.45) is 3.92. The summed E-state index contributed by atoms with van der Waals surface area (Å²) in [7, 11) is 0. The Hall–Kier alpha value is -3.15. The molecule has 1 aliphatic rings. The molecular weight excluding hydrogens is 330 g/mol. The van der Waals surface area contributed by atoms with Gasteiger partial charge in [0.05, 0.1) is 12.8 Å². The third-order valence-corrected chi connectivity index (χ3v) is 4.83. The smallest absolute Gasteiger partial charge is 0.231 e. The molecule has 1 saturated carbocycles. The molecule has 3 aromatic heterocycles. The molecule has 0 bridgehead atoms. The van der Waals surface area contributed by atoms with Crippen molar-refractivity contribution in [3.8, 4) is 17.3 Å². The van der Waals surface area contributed by atoms with Crippen LogP contribution < -0.4 is 4.74 Å². The summed E-state index contributed by atoms with van der Waals surface area (Å²) in [5.74, 6) is 1.85. The number of para-hydroxylation sites is 1. The number of Topliss-reactive ketones (excluding diaryl/α,β-unsaturated/α-hetero) is 1. The van der Waals surface area contributed by atoms with Crippen molar-refractivity contribution in [2.45, 2.75) is 19.3 Å². The predicted octanol–water partition coefficient (Wildman–Crippen LogP) is 3.89. The maximum Gasteiger partial charge on any atom is 0.231 e. The predicted molar refractivity (Wildman–Crippen MR) is 96.0 cm³/mol. The van der Waals surface area contributed by atoms with Gasteiger partial charge in [-0.2, -0.15) is 0 Å². The van der Waals surface area contributed by atoms with Gasteiger partial charge in [-0.25, -0.2) is 9.50 Å². The van der Waals surface area contributed by atoms with E-state index in [1.54, 1.807) is 10.7 Å². The van der Waals surface area contributed by atoms with Gasteiger partial charge in [-0.3, -0.25) is 4.79 Å². The quantitative estimate of drug-likeness (QED) is 0.560. The molecule has 0 amide bonds. The minimum atomic E-state index is 0.289. The van der Waals surface area contributed by atoms with E-state index in [0.29, 0.717) is 36.9 Å². The molecular formula is C20H17N3O3. The van der Waals surface area contributed by atoms with E-state index in [-0.39, 0.29) is 5.92 Å². The lowest BCUT2D eigenvalue weighted by Gasteiger charge is -2.10. The highest BCUT2D eigenvalue weighted by Gasteiger charge is 2.22. The molecule has 0 saturated heterocycles. The first kappa shape index (κ1) is 15.1. The van der Waals surface area contributed by atoms with Crippen LogP contribution in [-0.2, 0) is 4.79 Å². The molecule has 26 heavy (non-hydrogen) atoms. The molecule has 0 aliphatic heterocycles.